The minimum Gasteiger partial charge on any atom is -0.469 e. The second-order valence-corrected chi connectivity index (χ2v) is 8.32. The summed E-state index contributed by atoms with van der Waals surface area (Å²) in [4.78, 5) is 36.5. The van der Waals surface area contributed by atoms with Crippen LogP contribution in [0.5, 0.6) is 0 Å². The standard InChI is InChI=1S/C21H20FNO5S/c1-21(2,3)28-20(26)23-10-14(13-6-5-7-15(22)19(13)23)12-8-17(29-11-12)16(24)9-18(25)27-4/h5-8,10-11H,9H2,1-4H3. The van der Waals surface area contributed by atoms with Crippen LogP contribution in [-0.2, 0) is 14.3 Å². The molecule has 0 amide bonds. The van der Waals surface area contributed by atoms with Crippen LogP contribution in [0.15, 0.2) is 35.8 Å². The van der Waals surface area contributed by atoms with Crippen molar-refractivity contribution in [2.45, 2.75) is 32.8 Å². The molecule has 0 radical (unpaired) electrons. The van der Waals surface area contributed by atoms with Gasteiger partial charge in [-0.05, 0) is 43.8 Å². The molecule has 2 aromatic heterocycles. The number of fused-ring (bicyclic) bond motifs is 1. The molecule has 0 aliphatic carbocycles. The van der Waals surface area contributed by atoms with Crippen LogP contribution in [0.1, 0.15) is 36.9 Å². The van der Waals surface area contributed by atoms with Gasteiger partial charge in [0.1, 0.15) is 17.8 Å². The molecule has 0 aliphatic heterocycles. The zero-order valence-corrected chi connectivity index (χ0v) is 17.3. The van der Waals surface area contributed by atoms with Gasteiger partial charge in [-0.1, -0.05) is 12.1 Å². The van der Waals surface area contributed by atoms with Gasteiger partial charge >= 0.3 is 12.1 Å². The van der Waals surface area contributed by atoms with Gasteiger partial charge in [-0.3, -0.25) is 9.59 Å². The van der Waals surface area contributed by atoms with E-state index in [4.69, 9.17) is 4.74 Å². The number of rotatable bonds is 4. The summed E-state index contributed by atoms with van der Waals surface area (Å²) in [6, 6.07) is 6.14. The van der Waals surface area contributed by atoms with E-state index in [1.807, 2.05) is 0 Å². The van der Waals surface area contributed by atoms with Gasteiger partial charge in [-0.15, -0.1) is 11.3 Å². The fourth-order valence-electron chi connectivity index (χ4n) is 2.84. The molecule has 0 unspecified atom stereocenters. The van der Waals surface area contributed by atoms with Crippen molar-refractivity contribution in [2.75, 3.05) is 7.11 Å². The van der Waals surface area contributed by atoms with Gasteiger partial charge in [-0.2, -0.15) is 0 Å². The number of benzene rings is 1. The highest BCUT2D eigenvalue weighted by molar-refractivity contribution is 7.12. The third kappa shape index (κ3) is 4.37. The summed E-state index contributed by atoms with van der Waals surface area (Å²) >= 11 is 1.17. The number of carbonyl (C=O) groups is 3. The Balaban J connectivity index is 2.05. The van der Waals surface area contributed by atoms with Crippen molar-refractivity contribution in [3.63, 3.8) is 0 Å². The maximum absolute atomic E-state index is 14.6. The Kier molecular flexibility index (Phi) is 5.57. The Hall–Kier alpha value is -3.00. The highest BCUT2D eigenvalue weighted by Crippen LogP contribution is 2.35. The van der Waals surface area contributed by atoms with Crippen LogP contribution in [0.4, 0.5) is 9.18 Å². The number of hydrogen-bond donors (Lipinski definition) is 0. The first-order valence-corrected chi connectivity index (χ1v) is 9.70. The number of thiophene rings is 1. The summed E-state index contributed by atoms with van der Waals surface area (Å²) in [7, 11) is 1.22. The van der Waals surface area contributed by atoms with Crippen LogP contribution >= 0.6 is 11.3 Å². The molecular weight excluding hydrogens is 397 g/mol. The summed E-state index contributed by atoms with van der Waals surface area (Å²) in [5.41, 5.74) is 0.583. The minimum atomic E-state index is -0.741. The molecular formula is C21H20FNO5S. The van der Waals surface area contributed by atoms with E-state index in [1.54, 1.807) is 44.4 Å². The molecule has 0 atom stereocenters. The fourth-order valence-corrected chi connectivity index (χ4v) is 3.69. The second kappa shape index (κ2) is 7.79. The van der Waals surface area contributed by atoms with Crippen LogP contribution in [0.25, 0.3) is 22.0 Å². The maximum Gasteiger partial charge on any atom is 0.419 e. The first kappa shape index (κ1) is 20.7. The Morgan fingerprint density at radius 1 is 1.21 bits per heavy atom. The van der Waals surface area contributed by atoms with Gasteiger partial charge in [0.2, 0.25) is 0 Å². The molecule has 0 spiro atoms. The van der Waals surface area contributed by atoms with Gasteiger partial charge in [0.15, 0.2) is 5.78 Å². The number of halogens is 1. The molecule has 0 aliphatic rings. The van der Waals surface area contributed by atoms with Gasteiger partial charge in [0.25, 0.3) is 0 Å². The average molecular weight is 417 g/mol. The molecule has 0 saturated heterocycles. The van der Waals surface area contributed by atoms with Crippen LogP contribution in [0, 0.1) is 5.82 Å². The third-order valence-electron chi connectivity index (χ3n) is 4.08. The number of hydrogen-bond acceptors (Lipinski definition) is 6. The summed E-state index contributed by atoms with van der Waals surface area (Å²) in [5, 5.41) is 2.24. The van der Waals surface area contributed by atoms with Crippen molar-refractivity contribution in [3.05, 3.63) is 46.5 Å². The predicted octanol–water partition coefficient (Wildman–Crippen LogP) is 5.04. The summed E-state index contributed by atoms with van der Waals surface area (Å²) in [6.07, 6.45) is 0.444. The lowest BCUT2D eigenvalue weighted by molar-refractivity contribution is -0.139. The van der Waals surface area contributed by atoms with Crippen molar-refractivity contribution in [2.24, 2.45) is 0 Å². The Bertz CT molecular complexity index is 1110. The number of aromatic nitrogens is 1. The van der Waals surface area contributed by atoms with E-state index in [0.717, 1.165) is 4.57 Å². The van der Waals surface area contributed by atoms with Crippen molar-refractivity contribution in [3.8, 4) is 11.1 Å². The first-order valence-electron chi connectivity index (χ1n) is 8.82. The highest BCUT2D eigenvalue weighted by Gasteiger charge is 2.24. The fraction of sp³-hybridized carbons (Fsp3) is 0.286. The molecule has 3 aromatic rings. The maximum atomic E-state index is 14.6. The third-order valence-corrected chi connectivity index (χ3v) is 5.06. The molecule has 0 bridgehead atoms. The lowest BCUT2D eigenvalue weighted by atomic mass is 10.1. The van der Waals surface area contributed by atoms with Crippen LogP contribution in [0.3, 0.4) is 0 Å². The lowest BCUT2D eigenvalue weighted by Crippen LogP contribution is -2.26. The average Bonchev–Trinajstić information content (AvgIpc) is 3.25. The van der Waals surface area contributed by atoms with Crippen LogP contribution in [0.2, 0.25) is 0 Å². The van der Waals surface area contributed by atoms with Crippen molar-refractivity contribution in [1.29, 1.82) is 0 Å². The molecule has 0 N–H and O–H groups in total. The number of ether oxygens (including phenoxy) is 2. The zero-order valence-electron chi connectivity index (χ0n) is 16.4. The zero-order chi connectivity index (χ0) is 21.3. The molecule has 2 heterocycles. The summed E-state index contributed by atoms with van der Waals surface area (Å²) in [5.74, 6) is -1.54. The number of nitrogens with zero attached hydrogens (tertiary/aromatic N) is 1. The molecule has 29 heavy (non-hydrogen) atoms. The predicted molar refractivity (Wildman–Crippen MR) is 108 cm³/mol. The monoisotopic (exact) mass is 417 g/mol. The van der Waals surface area contributed by atoms with E-state index >= 15 is 0 Å². The Morgan fingerprint density at radius 2 is 1.93 bits per heavy atom. The molecule has 3 rings (SSSR count). The van der Waals surface area contributed by atoms with Crippen molar-refractivity contribution >= 4 is 40.1 Å². The lowest BCUT2D eigenvalue weighted by Gasteiger charge is -2.19. The highest BCUT2D eigenvalue weighted by atomic mass is 32.1. The van der Waals surface area contributed by atoms with Gasteiger partial charge in [0.05, 0.1) is 17.5 Å². The van der Waals surface area contributed by atoms with E-state index in [2.05, 4.69) is 4.74 Å². The number of esters is 1. The molecule has 0 fully saturated rings. The van der Waals surface area contributed by atoms with E-state index in [9.17, 15) is 18.8 Å². The van der Waals surface area contributed by atoms with Crippen LogP contribution < -0.4 is 0 Å². The quantitative estimate of drug-likeness (QED) is 0.338. The normalized spacial score (nSPS) is 11.5. The number of carbonyl (C=O) groups excluding carboxylic acids is 3. The minimum absolute atomic E-state index is 0.102. The number of para-hydroxylation sites is 1. The molecule has 0 saturated carbocycles. The SMILES string of the molecule is COC(=O)CC(=O)c1cc(-c2cn(C(=O)OC(C)(C)C)c3c(F)cccc23)cs1. The molecule has 6 nitrogen and oxygen atoms in total. The number of Topliss-reactive ketones (excluding diaryl/α,β-unsaturated/α-hetero) is 1. The Morgan fingerprint density at radius 3 is 2.59 bits per heavy atom. The van der Waals surface area contributed by atoms with Gasteiger partial charge in [0, 0.05) is 17.1 Å². The second-order valence-electron chi connectivity index (χ2n) is 7.40. The van der Waals surface area contributed by atoms with E-state index in [-0.39, 0.29) is 17.7 Å². The molecule has 8 heteroatoms. The summed E-state index contributed by atoms with van der Waals surface area (Å²) < 4.78 is 25.6. The van der Waals surface area contributed by atoms with E-state index in [0.29, 0.717) is 21.4 Å². The number of ketones is 1. The topological polar surface area (TPSA) is 74.6 Å². The van der Waals surface area contributed by atoms with Crippen molar-refractivity contribution in [1.82, 2.24) is 4.57 Å². The largest absolute Gasteiger partial charge is 0.469 e. The molecule has 152 valence electrons. The Labute approximate surface area is 170 Å². The van der Waals surface area contributed by atoms with Gasteiger partial charge < -0.3 is 9.47 Å². The van der Waals surface area contributed by atoms with E-state index < -0.39 is 23.5 Å². The first-order chi connectivity index (χ1) is 13.6. The van der Waals surface area contributed by atoms with E-state index in [1.165, 1.54) is 30.7 Å². The van der Waals surface area contributed by atoms with Crippen molar-refractivity contribution < 1.29 is 28.2 Å². The van der Waals surface area contributed by atoms with Gasteiger partial charge in [-0.25, -0.2) is 13.8 Å². The summed E-state index contributed by atoms with van der Waals surface area (Å²) in [6.45, 7) is 5.18. The van der Waals surface area contributed by atoms with Crippen LogP contribution in [-0.4, -0.2) is 35.1 Å². The molecule has 1 aromatic carbocycles. The number of methoxy groups -OCH3 is 1. The smallest absolute Gasteiger partial charge is 0.419 e.